The van der Waals surface area contributed by atoms with Gasteiger partial charge in [-0.15, -0.1) is 0 Å². The molecule has 64 valence electrons. The fraction of sp³-hybridized carbons (Fsp3) is 0.667. The van der Waals surface area contributed by atoms with Gasteiger partial charge in [-0.3, -0.25) is 9.59 Å². The molecule has 0 heterocycles. The number of hydrogen-bond donors (Lipinski definition) is 0. The summed E-state index contributed by atoms with van der Waals surface area (Å²) < 4.78 is 20.2. The van der Waals surface area contributed by atoms with Crippen molar-refractivity contribution in [2.45, 2.75) is 0 Å². The van der Waals surface area contributed by atoms with E-state index in [1.165, 1.54) is 0 Å². The van der Waals surface area contributed by atoms with Crippen molar-refractivity contribution in [3.8, 4) is 0 Å². The molecule has 4 nitrogen and oxygen atoms in total. The van der Waals surface area contributed by atoms with Crippen molar-refractivity contribution < 1.29 is 23.5 Å². The van der Waals surface area contributed by atoms with E-state index in [2.05, 4.69) is 9.47 Å². The maximum absolute atomic E-state index is 11.9. The Labute approximate surface area is 63.3 Å². The van der Waals surface area contributed by atoms with Crippen LogP contribution in [0.1, 0.15) is 0 Å². The number of methoxy groups -OCH3 is 2. The zero-order valence-electron chi connectivity index (χ0n) is 6.30. The molecule has 0 aliphatic carbocycles. The Kier molecular flexibility index (Phi) is 4.17. The first-order chi connectivity index (χ1) is 5.17. The highest BCUT2D eigenvalue weighted by molar-refractivity contribution is 5.94. The van der Waals surface area contributed by atoms with Gasteiger partial charge in [0.2, 0.25) is 0 Å². The van der Waals surface area contributed by atoms with Gasteiger partial charge in [-0.1, -0.05) is 0 Å². The molecular weight excluding hydrogens is 155 g/mol. The SMILES string of the molecule is COC(=O)C(CF)C(=O)OC. The predicted molar refractivity (Wildman–Crippen MR) is 33.5 cm³/mol. The molecule has 0 unspecified atom stereocenters. The van der Waals surface area contributed by atoms with Crippen LogP contribution in [0.3, 0.4) is 0 Å². The molecule has 0 aromatic heterocycles. The molecule has 0 aliphatic heterocycles. The average Bonchev–Trinajstić information content (AvgIpc) is 2.05. The first-order valence-corrected chi connectivity index (χ1v) is 2.89. The molecule has 0 aromatic carbocycles. The summed E-state index contributed by atoms with van der Waals surface area (Å²) in [6.07, 6.45) is 0. The lowest BCUT2D eigenvalue weighted by Crippen LogP contribution is -2.28. The number of carbonyl (C=O) groups is 2. The molecule has 5 heteroatoms. The Balaban J connectivity index is 4.15. The number of rotatable bonds is 3. The highest BCUT2D eigenvalue weighted by atomic mass is 19.1. The van der Waals surface area contributed by atoms with Crippen LogP contribution < -0.4 is 0 Å². The summed E-state index contributed by atoms with van der Waals surface area (Å²) in [5.74, 6) is -3.27. The topological polar surface area (TPSA) is 52.6 Å². The van der Waals surface area contributed by atoms with Gasteiger partial charge in [0.1, 0.15) is 6.67 Å². The molecule has 0 spiro atoms. The van der Waals surface area contributed by atoms with Gasteiger partial charge in [0.25, 0.3) is 0 Å². The monoisotopic (exact) mass is 164 g/mol. The van der Waals surface area contributed by atoms with E-state index in [1.807, 2.05) is 0 Å². The van der Waals surface area contributed by atoms with Gasteiger partial charge in [0.05, 0.1) is 14.2 Å². The van der Waals surface area contributed by atoms with Crippen molar-refractivity contribution in [3.05, 3.63) is 0 Å². The third kappa shape index (κ3) is 2.53. The second kappa shape index (κ2) is 4.65. The summed E-state index contributed by atoms with van der Waals surface area (Å²) in [4.78, 5) is 21.2. The molecule has 0 bridgehead atoms. The van der Waals surface area contributed by atoms with Gasteiger partial charge in [-0.25, -0.2) is 4.39 Å². The second-order valence-corrected chi connectivity index (χ2v) is 1.75. The van der Waals surface area contributed by atoms with Gasteiger partial charge in [0, 0.05) is 0 Å². The Morgan fingerprint density at radius 1 is 1.27 bits per heavy atom. The lowest BCUT2D eigenvalue weighted by molar-refractivity contribution is -0.159. The smallest absolute Gasteiger partial charge is 0.322 e. The summed E-state index contributed by atoms with van der Waals surface area (Å²) >= 11 is 0. The maximum atomic E-state index is 11.9. The number of ether oxygens (including phenoxy) is 2. The molecule has 0 fully saturated rings. The zero-order valence-corrected chi connectivity index (χ0v) is 6.30. The minimum atomic E-state index is -1.44. The highest BCUT2D eigenvalue weighted by Gasteiger charge is 2.28. The summed E-state index contributed by atoms with van der Waals surface area (Å²) in [7, 11) is 2.15. The van der Waals surface area contributed by atoms with Crippen molar-refractivity contribution in [3.63, 3.8) is 0 Å². The lowest BCUT2D eigenvalue weighted by Gasteiger charge is -2.06. The molecule has 0 saturated heterocycles. The van der Waals surface area contributed by atoms with Gasteiger partial charge < -0.3 is 9.47 Å². The fourth-order valence-corrected chi connectivity index (χ4v) is 0.507. The van der Waals surface area contributed by atoms with Crippen LogP contribution >= 0.6 is 0 Å². The minimum absolute atomic E-state index is 0.917. The van der Waals surface area contributed by atoms with E-state index in [9.17, 15) is 14.0 Å². The van der Waals surface area contributed by atoms with Gasteiger partial charge in [0.15, 0.2) is 5.92 Å². The van der Waals surface area contributed by atoms with E-state index in [4.69, 9.17) is 0 Å². The molecule has 0 saturated carbocycles. The summed E-state index contributed by atoms with van der Waals surface area (Å²) in [6, 6.07) is 0. The number of alkyl halides is 1. The second-order valence-electron chi connectivity index (χ2n) is 1.75. The molecule has 0 atom stereocenters. The molecule has 0 N–H and O–H groups in total. The van der Waals surface area contributed by atoms with Crippen LogP contribution in [0.5, 0.6) is 0 Å². The van der Waals surface area contributed by atoms with Gasteiger partial charge >= 0.3 is 11.9 Å². The van der Waals surface area contributed by atoms with Crippen LogP contribution in [0.4, 0.5) is 4.39 Å². The standard InChI is InChI=1S/C6H9FO4/c1-10-5(8)4(3-7)6(9)11-2/h4H,3H2,1-2H3. The van der Waals surface area contributed by atoms with Crippen molar-refractivity contribution in [2.75, 3.05) is 20.9 Å². The van der Waals surface area contributed by atoms with Crippen LogP contribution in [-0.4, -0.2) is 32.8 Å². The van der Waals surface area contributed by atoms with Crippen LogP contribution in [0, 0.1) is 5.92 Å². The van der Waals surface area contributed by atoms with E-state index in [1.54, 1.807) is 0 Å². The van der Waals surface area contributed by atoms with Crippen LogP contribution in [-0.2, 0) is 19.1 Å². The Bertz CT molecular complexity index is 141. The van der Waals surface area contributed by atoms with Crippen molar-refractivity contribution in [2.24, 2.45) is 5.92 Å². The minimum Gasteiger partial charge on any atom is -0.468 e. The van der Waals surface area contributed by atoms with E-state index < -0.39 is 24.5 Å². The first kappa shape index (κ1) is 9.87. The third-order valence-corrected chi connectivity index (χ3v) is 1.13. The first-order valence-electron chi connectivity index (χ1n) is 2.89. The molecule has 0 aromatic rings. The zero-order chi connectivity index (χ0) is 8.85. The maximum Gasteiger partial charge on any atom is 0.322 e. The van der Waals surface area contributed by atoms with Crippen molar-refractivity contribution >= 4 is 11.9 Å². The van der Waals surface area contributed by atoms with Gasteiger partial charge in [-0.2, -0.15) is 0 Å². The average molecular weight is 164 g/mol. The fourth-order valence-electron chi connectivity index (χ4n) is 0.507. The lowest BCUT2D eigenvalue weighted by atomic mass is 10.2. The van der Waals surface area contributed by atoms with E-state index in [0.717, 1.165) is 14.2 Å². The number of hydrogen-bond acceptors (Lipinski definition) is 4. The van der Waals surface area contributed by atoms with Gasteiger partial charge in [-0.05, 0) is 0 Å². The van der Waals surface area contributed by atoms with E-state index in [-0.39, 0.29) is 0 Å². The third-order valence-electron chi connectivity index (χ3n) is 1.13. The summed E-state index contributed by atoms with van der Waals surface area (Å²) in [5.41, 5.74) is 0. The normalized spacial score (nSPS) is 9.45. The Morgan fingerprint density at radius 2 is 1.64 bits per heavy atom. The van der Waals surface area contributed by atoms with Crippen LogP contribution in [0.15, 0.2) is 0 Å². The summed E-state index contributed by atoms with van der Waals surface area (Å²) in [6.45, 7) is -1.10. The number of carbonyl (C=O) groups excluding carboxylic acids is 2. The molecule has 11 heavy (non-hydrogen) atoms. The van der Waals surface area contributed by atoms with Crippen molar-refractivity contribution in [1.82, 2.24) is 0 Å². The molecular formula is C6H9FO4. The predicted octanol–water partition coefficient (Wildman–Crippen LogP) is -0.0819. The van der Waals surface area contributed by atoms with Crippen LogP contribution in [0.2, 0.25) is 0 Å². The molecule has 0 radical (unpaired) electrons. The van der Waals surface area contributed by atoms with Crippen LogP contribution in [0.25, 0.3) is 0 Å². The Hall–Kier alpha value is -1.13. The number of esters is 2. The summed E-state index contributed by atoms with van der Waals surface area (Å²) in [5, 5.41) is 0. The molecule has 0 rings (SSSR count). The quantitative estimate of drug-likeness (QED) is 0.432. The highest BCUT2D eigenvalue weighted by Crippen LogP contribution is 2.02. The molecule has 0 aliphatic rings. The Morgan fingerprint density at radius 3 is 1.82 bits per heavy atom. The van der Waals surface area contributed by atoms with E-state index >= 15 is 0 Å². The number of halogens is 1. The van der Waals surface area contributed by atoms with Crippen molar-refractivity contribution in [1.29, 1.82) is 0 Å². The molecule has 0 amide bonds. The van der Waals surface area contributed by atoms with E-state index in [0.29, 0.717) is 0 Å². The largest absolute Gasteiger partial charge is 0.468 e.